The van der Waals surface area contributed by atoms with Crippen molar-refractivity contribution in [2.75, 3.05) is 11.9 Å². The summed E-state index contributed by atoms with van der Waals surface area (Å²) in [7, 11) is 0. The number of likely N-dealkylation sites (tertiary alicyclic amines) is 1. The van der Waals surface area contributed by atoms with E-state index in [1.54, 1.807) is 12.2 Å². The van der Waals surface area contributed by atoms with Crippen LogP contribution in [-0.4, -0.2) is 55.4 Å². The second kappa shape index (κ2) is 10.7. The van der Waals surface area contributed by atoms with Gasteiger partial charge in [0.05, 0.1) is 11.3 Å². The van der Waals surface area contributed by atoms with Crippen LogP contribution in [0.2, 0.25) is 0 Å². The SMILES string of the molecule is O=C(CCN1C(=O)C[C@H](N2C(=O)/C(=C/C=C/c3ccccc3)SC2=S)C1=O)Nc1ccc(O)cc1. The minimum atomic E-state index is -1.01. The summed E-state index contributed by atoms with van der Waals surface area (Å²) in [5, 5.41) is 12.0. The summed E-state index contributed by atoms with van der Waals surface area (Å²) in [5.41, 5.74) is 1.45. The van der Waals surface area contributed by atoms with E-state index in [-0.39, 0.29) is 29.5 Å². The van der Waals surface area contributed by atoms with Crippen LogP contribution in [0, 0.1) is 0 Å². The van der Waals surface area contributed by atoms with Crippen molar-refractivity contribution in [1.29, 1.82) is 0 Å². The van der Waals surface area contributed by atoms with Gasteiger partial charge in [-0.3, -0.25) is 29.0 Å². The number of amides is 4. The zero-order valence-corrected chi connectivity index (χ0v) is 20.1. The second-order valence-corrected chi connectivity index (χ2v) is 9.47. The van der Waals surface area contributed by atoms with Gasteiger partial charge in [-0.05, 0) is 35.9 Å². The van der Waals surface area contributed by atoms with Gasteiger partial charge in [0, 0.05) is 18.7 Å². The number of aromatic hydroxyl groups is 1. The van der Waals surface area contributed by atoms with Gasteiger partial charge in [0.25, 0.3) is 11.8 Å². The Morgan fingerprint density at radius 3 is 2.54 bits per heavy atom. The Bertz CT molecular complexity index is 1240. The Morgan fingerprint density at radius 2 is 1.83 bits per heavy atom. The summed E-state index contributed by atoms with van der Waals surface area (Å²) in [5.74, 6) is -1.75. The van der Waals surface area contributed by atoms with Crippen molar-refractivity contribution in [2.45, 2.75) is 18.9 Å². The molecule has 2 N–H and O–H groups in total. The number of imide groups is 1. The van der Waals surface area contributed by atoms with Gasteiger partial charge in [-0.1, -0.05) is 66.5 Å². The summed E-state index contributed by atoms with van der Waals surface area (Å²) in [4.78, 5) is 53.2. The Kier molecular flexibility index (Phi) is 7.42. The van der Waals surface area contributed by atoms with Gasteiger partial charge >= 0.3 is 0 Å². The lowest BCUT2D eigenvalue weighted by molar-refractivity contribution is -0.141. The number of allylic oxidation sites excluding steroid dienone is 2. The number of thioether (sulfide) groups is 1. The molecule has 1 atom stereocenters. The zero-order valence-electron chi connectivity index (χ0n) is 18.4. The fourth-order valence-corrected chi connectivity index (χ4v) is 4.97. The zero-order chi connectivity index (χ0) is 24.9. The summed E-state index contributed by atoms with van der Waals surface area (Å²) in [6.45, 7) is -0.109. The number of nitrogens with one attached hydrogen (secondary N) is 1. The molecule has 2 aliphatic heterocycles. The molecule has 35 heavy (non-hydrogen) atoms. The number of carbonyl (C=O) groups excluding carboxylic acids is 4. The molecule has 178 valence electrons. The molecule has 2 aromatic rings. The van der Waals surface area contributed by atoms with Crippen LogP contribution in [0.25, 0.3) is 6.08 Å². The number of anilines is 1. The minimum Gasteiger partial charge on any atom is -0.508 e. The van der Waals surface area contributed by atoms with Gasteiger partial charge in [0.15, 0.2) is 0 Å². The quantitative estimate of drug-likeness (QED) is 0.256. The molecule has 10 heteroatoms. The van der Waals surface area contributed by atoms with Crippen molar-refractivity contribution >= 4 is 63.7 Å². The van der Waals surface area contributed by atoms with E-state index in [1.807, 2.05) is 36.4 Å². The number of carbonyl (C=O) groups is 4. The molecular formula is C25H21N3O5S2. The highest BCUT2D eigenvalue weighted by Gasteiger charge is 2.48. The van der Waals surface area contributed by atoms with E-state index in [2.05, 4.69) is 5.32 Å². The first-order valence-electron chi connectivity index (χ1n) is 10.8. The number of phenolic OH excluding ortho intramolecular Hbond substituents is 1. The largest absolute Gasteiger partial charge is 0.508 e. The van der Waals surface area contributed by atoms with Crippen LogP contribution >= 0.6 is 24.0 Å². The molecule has 0 unspecified atom stereocenters. The van der Waals surface area contributed by atoms with E-state index in [4.69, 9.17) is 12.2 Å². The predicted octanol–water partition coefficient (Wildman–Crippen LogP) is 3.31. The maximum atomic E-state index is 13.0. The van der Waals surface area contributed by atoms with Crippen LogP contribution in [0.5, 0.6) is 5.75 Å². The van der Waals surface area contributed by atoms with Gasteiger partial charge in [-0.15, -0.1) is 0 Å². The third-order valence-electron chi connectivity index (χ3n) is 5.40. The van der Waals surface area contributed by atoms with Gasteiger partial charge in [-0.25, -0.2) is 0 Å². The topological polar surface area (TPSA) is 107 Å². The molecule has 0 saturated carbocycles. The lowest BCUT2D eigenvalue weighted by atomic mass is 10.2. The van der Waals surface area contributed by atoms with Crippen molar-refractivity contribution in [3.05, 3.63) is 77.2 Å². The number of benzene rings is 2. The predicted molar refractivity (Wildman–Crippen MR) is 137 cm³/mol. The fourth-order valence-electron chi connectivity index (χ4n) is 3.66. The molecule has 0 spiro atoms. The third-order valence-corrected chi connectivity index (χ3v) is 6.75. The standard InChI is InChI=1S/C25H21N3O5S2/c29-18-11-9-17(10-12-18)26-21(30)13-14-27-22(31)15-19(23(27)32)28-24(33)20(35-25(28)34)8-4-7-16-5-2-1-3-6-16/h1-12,19,29H,13-15H2,(H,26,30)/b7-4+,20-8-/t19-/m0/s1. The molecule has 8 nitrogen and oxygen atoms in total. The van der Waals surface area contributed by atoms with E-state index >= 15 is 0 Å². The first-order chi connectivity index (χ1) is 16.8. The third kappa shape index (κ3) is 5.67. The van der Waals surface area contributed by atoms with Crippen LogP contribution in [-0.2, 0) is 19.2 Å². The molecule has 0 aliphatic carbocycles. The lowest BCUT2D eigenvalue weighted by Gasteiger charge is -2.21. The number of nitrogens with zero attached hydrogens (tertiary/aromatic N) is 2. The summed E-state index contributed by atoms with van der Waals surface area (Å²) >= 11 is 6.42. The van der Waals surface area contributed by atoms with Crippen LogP contribution in [0.3, 0.4) is 0 Å². The number of thiocarbonyl (C=S) groups is 1. The maximum absolute atomic E-state index is 13.0. The van der Waals surface area contributed by atoms with Crippen molar-refractivity contribution in [3.8, 4) is 5.75 Å². The first-order valence-corrected chi connectivity index (χ1v) is 12.0. The highest BCUT2D eigenvalue weighted by molar-refractivity contribution is 8.26. The Balaban J connectivity index is 1.37. The van der Waals surface area contributed by atoms with Crippen LogP contribution < -0.4 is 5.32 Å². The van der Waals surface area contributed by atoms with Crippen molar-refractivity contribution < 1.29 is 24.3 Å². The molecule has 2 heterocycles. The highest BCUT2D eigenvalue weighted by Crippen LogP contribution is 2.35. The fraction of sp³-hybridized carbons (Fsp3) is 0.160. The molecule has 2 saturated heterocycles. The van der Waals surface area contributed by atoms with E-state index in [1.165, 1.54) is 29.2 Å². The van der Waals surface area contributed by atoms with Crippen LogP contribution in [0.4, 0.5) is 5.69 Å². The molecule has 0 aromatic heterocycles. The summed E-state index contributed by atoms with van der Waals surface area (Å²) < 4.78 is 0.215. The number of rotatable bonds is 7. The lowest BCUT2D eigenvalue weighted by Crippen LogP contribution is -2.44. The van der Waals surface area contributed by atoms with Gasteiger partial charge in [-0.2, -0.15) is 0 Å². The maximum Gasteiger partial charge on any atom is 0.266 e. The van der Waals surface area contributed by atoms with E-state index in [0.29, 0.717) is 10.6 Å². The number of hydrogen-bond acceptors (Lipinski definition) is 7. The second-order valence-electron chi connectivity index (χ2n) is 7.79. The molecule has 2 fully saturated rings. The molecule has 2 aliphatic rings. The van der Waals surface area contributed by atoms with E-state index < -0.39 is 29.7 Å². The molecule has 0 bridgehead atoms. The summed E-state index contributed by atoms with van der Waals surface area (Å²) in [6, 6.07) is 14.5. The van der Waals surface area contributed by atoms with Gasteiger partial charge in [0.2, 0.25) is 11.8 Å². The summed E-state index contributed by atoms with van der Waals surface area (Å²) in [6.07, 6.45) is 4.94. The van der Waals surface area contributed by atoms with Crippen molar-refractivity contribution in [1.82, 2.24) is 9.80 Å². The van der Waals surface area contributed by atoms with Crippen molar-refractivity contribution in [3.63, 3.8) is 0 Å². The molecular weight excluding hydrogens is 486 g/mol. The van der Waals surface area contributed by atoms with E-state index in [0.717, 1.165) is 22.2 Å². The Labute approximate surface area is 211 Å². The highest BCUT2D eigenvalue weighted by atomic mass is 32.2. The van der Waals surface area contributed by atoms with Gasteiger partial charge < -0.3 is 10.4 Å². The van der Waals surface area contributed by atoms with Crippen LogP contribution in [0.15, 0.2) is 71.7 Å². The van der Waals surface area contributed by atoms with Gasteiger partial charge in [0.1, 0.15) is 16.1 Å². The Morgan fingerprint density at radius 1 is 1.11 bits per heavy atom. The number of hydrogen-bond donors (Lipinski definition) is 2. The molecule has 4 rings (SSSR count). The average Bonchev–Trinajstić information content (AvgIpc) is 3.27. The molecule has 0 radical (unpaired) electrons. The van der Waals surface area contributed by atoms with E-state index in [9.17, 15) is 24.3 Å². The normalized spacial score (nSPS) is 19.4. The Hall–Kier alpha value is -3.76. The van der Waals surface area contributed by atoms with Crippen LogP contribution in [0.1, 0.15) is 18.4 Å². The average molecular weight is 508 g/mol. The molecule has 2 aromatic carbocycles. The first kappa shape index (κ1) is 24.4. The number of phenols is 1. The molecule has 4 amide bonds. The smallest absolute Gasteiger partial charge is 0.266 e. The monoisotopic (exact) mass is 507 g/mol. The minimum absolute atomic E-state index is 0.0695. The van der Waals surface area contributed by atoms with Crippen molar-refractivity contribution in [2.24, 2.45) is 0 Å².